The fraction of sp³-hybridized carbons (Fsp3) is 1.00. The Morgan fingerprint density at radius 1 is 0.889 bits per heavy atom. The maximum atomic E-state index is 2.26. The maximum absolute atomic E-state index is 2.26. The van der Waals surface area contributed by atoms with Crippen molar-refractivity contribution in [3.05, 3.63) is 0 Å². The summed E-state index contributed by atoms with van der Waals surface area (Å²) in [6, 6.07) is 0. The Hall–Kier alpha value is 1.40. The van der Waals surface area contributed by atoms with Crippen LogP contribution in [-0.2, 0) is 0 Å². The van der Waals surface area contributed by atoms with Crippen LogP contribution < -0.4 is 0 Å². The van der Waals surface area contributed by atoms with Crippen LogP contribution >= 0.6 is 47.0 Å². The molecule has 2 saturated carbocycles. The Morgan fingerprint density at radius 2 is 1.67 bits per heavy atom. The summed E-state index contributed by atoms with van der Waals surface area (Å²) < 4.78 is 0.908. The first kappa shape index (κ1) is 14.3. The summed E-state index contributed by atoms with van der Waals surface area (Å²) in [6.07, 6.45) is 7.51. The van der Waals surface area contributed by atoms with Gasteiger partial charge in [-0.15, -0.1) is 23.5 Å². The van der Waals surface area contributed by atoms with Gasteiger partial charge in [0.15, 0.2) is 0 Å². The highest BCUT2D eigenvalue weighted by molar-refractivity contribution is 8.19. The minimum absolute atomic E-state index is 0.908. The van der Waals surface area contributed by atoms with E-state index in [0.717, 1.165) is 21.7 Å². The van der Waals surface area contributed by atoms with Gasteiger partial charge in [-0.1, -0.05) is 0 Å². The van der Waals surface area contributed by atoms with E-state index in [1.807, 2.05) is 0 Å². The zero-order chi connectivity index (χ0) is 12.2. The molecule has 0 spiro atoms. The van der Waals surface area contributed by atoms with Gasteiger partial charge in [-0.25, -0.2) is 0 Å². The molecular weight excluding hydrogens is 296 g/mol. The van der Waals surface area contributed by atoms with E-state index >= 15 is 0 Å². The minimum Gasteiger partial charge on any atom is -0.162 e. The second-order valence-corrected chi connectivity index (χ2v) is 11.1. The Kier molecular flexibility index (Phi) is 5.91. The molecule has 18 heavy (non-hydrogen) atoms. The van der Waals surface area contributed by atoms with Crippen molar-refractivity contribution in [1.29, 1.82) is 0 Å². The van der Waals surface area contributed by atoms with Crippen molar-refractivity contribution in [2.75, 3.05) is 28.8 Å². The molecule has 2 unspecified atom stereocenters. The van der Waals surface area contributed by atoms with Crippen LogP contribution in [0.2, 0.25) is 0 Å². The predicted molar refractivity (Wildman–Crippen MR) is 92.3 cm³/mol. The molecule has 0 nitrogen and oxygen atoms in total. The zero-order valence-electron chi connectivity index (χ0n) is 11.0. The largest absolute Gasteiger partial charge is 0.162 e. The first-order chi connectivity index (χ1) is 8.90. The number of thioether (sulfide) groups is 4. The molecule has 2 aliphatic carbocycles. The smallest absolute Gasteiger partial charge is 0.0593 e. The Bertz CT molecular complexity index is 242. The zero-order valence-corrected chi connectivity index (χ0v) is 14.3. The average Bonchev–Trinajstić information content (AvgIpc) is 3.28. The summed E-state index contributed by atoms with van der Waals surface area (Å²) in [4.78, 5) is 0. The van der Waals surface area contributed by atoms with Crippen molar-refractivity contribution in [2.45, 2.75) is 41.9 Å². The van der Waals surface area contributed by atoms with E-state index in [1.165, 1.54) is 60.9 Å². The Labute approximate surface area is 129 Å². The molecule has 1 saturated heterocycles. The van der Waals surface area contributed by atoms with Crippen LogP contribution in [-0.4, -0.2) is 38.6 Å². The third-order valence-corrected chi connectivity index (χ3v) is 10.2. The molecule has 1 heterocycles. The molecule has 2 atom stereocenters. The maximum Gasteiger partial charge on any atom is 0.0593 e. The molecule has 0 bridgehead atoms. The highest BCUT2D eigenvalue weighted by Gasteiger charge is 2.26. The van der Waals surface area contributed by atoms with Crippen LogP contribution in [0, 0.1) is 11.8 Å². The standard InChI is InChI=1S/C14H24S4/c1-2-11(1)7-15-6-5-13-9-18-14(10-16-13)17-8-12-3-4-12/h11-14H,1-10H2. The second kappa shape index (κ2) is 7.42. The van der Waals surface area contributed by atoms with Gasteiger partial charge in [0.1, 0.15) is 0 Å². The van der Waals surface area contributed by atoms with Crippen LogP contribution in [0.1, 0.15) is 32.1 Å². The van der Waals surface area contributed by atoms with Crippen LogP contribution in [0.3, 0.4) is 0 Å². The van der Waals surface area contributed by atoms with Gasteiger partial charge >= 0.3 is 0 Å². The van der Waals surface area contributed by atoms with Crippen molar-refractivity contribution >= 4 is 47.0 Å². The van der Waals surface area contributed by atoms with Crippen LogP contribution in [0.15, 0.2) is 0 Å². The van der Waals surface area contributed by atoms with Crippen molar-refractivity contribution < 1.29 is 0 Å². The SMILES string of the molecule is C(CC1CSC(SCC2CC2)CS1)SCC1CC1. The summed E-state index contributed by atoms with van der Waals surface area (Å²) in [7, 11) is 0. The normalized spacial score (nSPS) is 32.7. The van der Waals surface area contributed by atoms with Gasteiger partial charge < -0.3 is 0 Å². The number of rotatable bonds is 8. The highest BCUT2D eigenvalue weighted by atomic mass is 32.2. The van der Waals surface area contributed by atoms with E-state index < -0.39 is 0 Å². The van der Waals surface area contributed by atoms with Gasteiger partial charge in [0.25, 0.3) is 0 Å². The lowest BCUT2D eigenvalue weighted by atomic mass is 10.4. The first-order valence-corrected chi connectivity index (χ1v) is 11.6. The van der Waals surface area contributed by atoms with E-state index in [0.29, 0.717) is 0 Å². The van der Waals surface area contributed by atoms with Gasteiger partial charge in [-0.2, -0.15) is 23.5 Å². The number of hydrogen-bond donors (Lipinski definition) is 0. The average molecular weight is 321 g/mol. The van der Waals surface area contributed by atoms with Gasteiger partial charge in [0.05, 0.1) is 4.58 Å². The summed E-state index contributed by atoms with van der Waals surface area (Å²) in [5.74, 6) is 9.32. The summed E-state index contributed by atoms with van der Waals surface area (Å²) in [6.45, 7) is 0. The fourth-order valence-electron chi connectivity index (χ4n) is 2.07. The molecule has 0 aromatic heterocycles. The summed E-state index contributed by atoms with van der Waals surface area (Å²) in [5, 5.41) is 0.958. The van der Waals surface area contributed by atoms with Crippen molar-refractivity contribution in [1.82, 2.24) is 0 Å². The van der Waals surface area contributed by atoms with E-state index in [9.17, 15) is 0 Å². The second-order valence-electron chi connectivity index (χ2n) is 5.80. The lowest BCUT2D eigenvalue weighted by molar-refractivity contribution is 0.914. The monoisotopic (exact) mass is 320 g/mol. The Balaban J connectivity index is 1.20. The van der Waals surface area contributed by atoms with E-state index in [4.69, 9.17) is 0 Å². The lowest BCUT2D eigenvalue weighted by Gasteiger charge is -2.27. The highest BCUT2D eigenvalue weighted by Crippen LogP contribution is 2.41. The van der Waals surface area contributed by atoms with Crippen LogP contribution in [0.5, 0.6) is 0 Å². The quantitative estimate of drug-likeness (QED) is 0.587. The lowest BCUT2D eigenvalue weighted by Crippen LogP contribution is -2.20. The van der Waals surface area contributed by atoms with Crippen molar-refractivity contribution in [3.8, 4) is 0 Å². The molecule has 3 rings (SSSR count). The molecule has 0 radical (unpaired) electrons. The summed E-state index contributed by atoms with van der Waals surface area (Å²) >= 11 is 8.97. The summed E-state index contributed by atoms with van der Waals surface area (Å²) in [5.41, 5.74) is 0. The first-order valence-electron chi connectivity index (χ1n) is 7.32. The topological polar surface area (TPSA) is 0 Å². The van der Waals surface area contributed by atoms with E-state index in [-0.39, 0.29) is 0 Å². The molecular formula is C14H24S4. The number of hydrogen-bond acceptors (Lipinski definition) is 4. The van der Waals surface area contributed by atoms with Crippen LogP contribution in [0.25, 0.3) is 0 Å². The van der Waals surface area contributed by atoms with Gasteiger partial charge in [0, 0.05) is 16.8 Å². The fourth-order valence-corrected chi connectivity index (χ4v) is 8.35. The van der Waals surface area contributed by atoms with Gasteiger partial charge in [-0.05, 0) is 61.2 Å². The minimum atomic E-state index is 0.908. The third-order valence-electron chi connectivity index (χ3n) is 3.79. The predicted octanol–water partition coefficient (Wildman–Crippen LogP) is 4.84. The molecule has 3 aliphatic rings. The Morgan fingerprint density at radius 3 is 2.33 bits per heavy atom. The van der Waals surface area contributed by atoms with Crippen LogP contribution in [0.4, 0.5) is 0 Å². The molecule has 0 aromatic rings. The van der Waals surface area contributed by atoms with E-state index in [2.05, 4.69) is 47.0 Å². The molecule has 0 N–H and O–H groups in total. The molecule has 0 aromatic carbocycles. The molecule has 104 valence electrons. The molecule has 0 amide bonds. The van der Waals surface area contributed by atoms with Crippen molar-refractivity contribution in [3.63, 3.8) is 0 Å². The molecule has 1 aliphatic heterocycles. The van der Waals surface area contributed by atoms with E-state index in [1.54, 1.807) is 0 Å². The molecule has 3 fully saturated rings. The third kappa shape index (κ3) is 5.41. The van der Waals surface area contributed by atoms with Crippen molar-refractivity contribution in [2.24, 2.45) is 11.8 Å². The van der Waals surface area contributed by atoms with Gasteiger partial charge in [-0.3, -0.25) is 0 Å². The molecule has 4 heteroatoms. The van der Waals surface area contributed by atoms with Gasteiger partial charge in [0.2, 0.25) is 0 Å².